The molecule has 0 aliphatic carbocycles. The molecule has 0 saturated carbocycles. The summed E-state index contributed by atoms with van der Waals surface area (Å²) in [4.78, 5) is 11.0. The predicted octanol–water partition coefficient (Wildman–Crippen LogP) is 2.51. The molecule has 1 aromatic heterocycles. The zero-order valence-electron chi connectivity index (χ0n) is 10.7. The lowest BCUT2D eigenvalue weighted by atomic mass is 10.2. The van der Waals surface area contributed by atoms with E-state index >= 15 is 0 Å². The van der Waals surface area contributed by atoms with Crippen molar-refractivity contribution in [3.63, 3.8) is 0 Å². The summed E-state index contributed by atoms with van der Waals surface area (Å²) in [5.74, 6) is -1.21. The number of carbonyl (C=O) groups excluding carboxylic acids is 1. The summed E-state index contributed by atoms with van der Waals surface area (Å²) in [6, 6.07) is 6.42. The third kappa shape index (κ3) is 4.05. The van der Waals surface area contributed by atoms with Crippen LogP contribution in [0.15, 0.2) is 45.9 Å². The van der Waals surface area contributed by atoms with Crippen LogP contribution in [0.25, 0.3) is 0 Å². The molecule has 0 atom stereocenters. The number of aryl methyl sites for hydroxylation is 1. The summed E-state index contributed by atoms with van der Waals surface area (Å²) in [5, 5.41) is 0.0654. The van der Waals surface area contributed by atoms with Gasteiger partial charge in [-0.3, -0.25) is 4.79 Å². The highest BCUT2D eigenvalue weighted by Crippen LogP contribution is 2.18. The lowest BCUT2D eigenvalue weighted by molar-refractivity contribution is -0.119. The van der Waals surface area contributed by atoms with Gasteiger partial charge in [-0.25, -0.2) is 17.5 Å². The first-order chi connectivity index (χ1) is 9.88. The second-order valence-electron chi connectivity index (χ2n) is 4.18. The van der Waals surface area contributed by atoms with Gasteiger partial charge in [-0.15, -0.1) is 0 Å². The Morgan fingerprint density at radius 1 is 1.33 bits per heavy atom. The lowest BCUT2D eigenvalue weighted by Gasteiger charge is -2.07. The minimum Gasteiger partial charge on any atom is -0.469 e. The number of furan rings is 1. The second kappa shape index (κ2) is 6.28. The van der Waals surface area contributed by atoms with Crippen LogP contribution in [-0.4, -0.2) is 14.3 Å². The Balaban J connectivity index is 2.04. The maximum atomic E-state index is 13.6. The minimum absolute atomic E-state index is 0.0654. The van der Waals surface area contributed by atoms with Crippen LogP contribution in [-0.2, 0) is 21.2 Å². The van der Waals surface area contributed by atoms with Gasteiger partial charge in [-0.2, -0.15) is 0 Å². The largest absolute Gasteiger partial charge is 0.469 e. The maximum absolute atomic E-state index is 13.6. The molecule has 21 heavy (non-hydrogen) atoms. The third-order valence-corrected chi connectivity index (χ3v) is 4.25. The first-order valence-corrected chi connectivity index (χ1v) is 7.78. The first-order valence-electron chi connectivity index (χ1n) is 5.91. The van der Waals surface area contributed by atoms with Crippen molar-refractivity contribution in [2.45, 2.75) is 17.7 Å². The summed E-state index contributed by atoms with van der Waals surface area (Å²) in [5.41, 5.74) is 0. The van der Waals surface area contributed by atoms with Crippen LogP contribution < -0.4 is 4.72 Å². The van der Waals surface area contributed by atoms with E-state index in [-0.39, 0.29) is 17.9 Å². The van der Waals surface area contributed by atoms with E-state index in [1.165, 1.54) is 12.3 Å². The quantitative estimate of drug-likeness (QED) is 0.913. The molecule has 1 amide bonds. The number of hydrogen-bond acceptors (Lipinski definition) is 4. The van der Waals surface area contributed by atoms with Crippen LogP contribution >= 0.6 is 11.6 Å². The van der Waals surface area contributed by atoms with E-state index in [0.29, 0.717) is 5.76 Å². The van der Waals surface area contributed by atoms with Crippen LogP contribution in [0.2, 0.25) is 5.02 Å². The van der Waals surface area contributed by atoms with E-state index in [9.17, 15) is 17.6 Å². The van der Waals surface area contributed by atoms with E-state index < -0.39 is 26.6 Å². The van der Waals surface area contributed by atoms with Gasteiger partial charge in [-0.1, -0.05) is 11.6 Å². The highest BCUT2D eigenvalue weighted by Gasteiger charge is 2.21. The van der Waals surface area contributed by atoms with Crippen molar-refractivity contribution >= 4 is 27.5 Å². The molecule has 0 fully saturated rings. The Morgan fingerprint density at radius 3 is 2.71 bits per heavy atom. The number of rotatable bonds is 5. The van der Waals surface area contributed by atoms with Crippen LogP contribution in [0, 0.1) is 5.82 Å². The predicted molar refractivity (Wildman–Crippen MR) is 73.8 cm³/mol. The Bertz CT molecular complexity index is 744. The molecule has 0 aliphatic heterocycles. The van der Waals surface area contributed by atoms with Crippen molar-refractivity contribution in [3.05, 3.63) is 53.2 Å². The number of nitrogens with one attached hydrogen (secondary N) is 1. The van der Waals surface area contributed by atoms with Crippen LogP contribution in [0.3, 0.4) is 0 Å². The SMILES string of the molecule is O=C(CCc1ccco1)NS(=O)(=O)c1ccc(Cl)cc1F. The molecule has 2 aromatic rings. The fourth-order valence-electron chi connectivity index (χ4n) is 1.64. The van der Waals surface area contributed by atoms with Crippen LogP contribution in [0.4, 0.5) is 4.39 Å². The van der Waals surface area contributed by atoms with E-state index in [4.69, 9.17) is 16.0 Å². The molecule has 0 aliphatic rings. The fraction of sp³-hybridized carbons (Fsp3) is 0.154. The number of carbonyl (C=O) groups is 1. The number of hydrogen-bond donors (Lipinski definition) is 1. The molecule has 0 unspecified atom stereocenters. The summed E-state index contributed by atoms with van der Waals surface area (Å²) in [6.07, 6.45) is 1.60. The molecular weight excluding hydrogens is 321 g/mol. The van der Waals surface area contributed by atoms with Gasteiger partial charge in [0.05, 0.1) is 6.26 Å². The van der Waals surface area contributed by atoms with Gasteiger partial charge in [0.25, 0.3) is 10.0 Å². The zero-order chi connectivity index (χ0) is 15.5. The molecule has 0 radical (unpaired) electrons. The number of sulfonamides is 1. The highest BCUT2D eigenvalue weighted by atomic mass is 35.5. The van der Waals surface area contributed by atoms with Gasteiger partial charge >= 0.3 is 0 Å². The van der Waals surface area contributed by atoms with Crippen LogP contribution in [0.1, 0.15) is 12.2 Å². The fourth-order valence-corrected chi connectivity index (χ4v) is 2.87. The van der Waals surface area contributed by atoms with Gasteiger partial charge in [-0.05, 0) is 30.3 Å². The molecule has 8 heteroatoms. The molecule has 1 aromatic carbocycles. The Kier molecular flexibility index (Phi) is 4.64. The standard InChI is InChI=1S/C13H11ClFNO4S/c14-9-3-5-12(11(15)8-9)21(18,19)16-13(17)6-4-10-2-1-7-20-10/h1-3,5,7-8H,4,6H2,(H,16,17). The lowest BCUT2D eigenvalue weighted by Crippen LogP contribution is -2.31. The van der Waals surface area contributed by atoms with Crippen molar-refractivity contribution in [1.82, 2.24) is 4.72 Å². The first kappa shape index (κ1) is 15.5. The molecule has 1 N–H and O–H groups in total. The molecule has 5 nitrogen and oxygen atoms in total. The average molecular weight is 332 g/mol. The number of amides is 1. The molecule has 0 saturated heterocycles. The molecule has 0 spiro atoms. The second-order valence-corrected chi connectivity index (χ2v) is 6.27. The highest BCUT2D eigenvalue weighted by molar-refractivity contribution is 7.90. The van der Waals surface area contributed by atoms with Gasteiger partial charge in [0.1, 0.15) is 16.5 Å². The van der Waals surface area contributed by atoms with E-state index in [1.54, 1.807) is 16.9 Å². The van der Waals surface area contributed by atoms with Gasteiger partial charge in [0.15, 0.2) is 0 Å². The third-order valence-electron chi connectivity index (χ3n) is 2.61. The van der Waals surface area contributed by atoms with Crippen molar-refractivity contribution in [2.24, 2.45) is 0 Å². The Morgan fingerprint density at radius 2 is 2.10 bits per heavy atom. The van der Waals surface area contributed by atoms with Gasteiger partial charge in [0.2, 0.25) is 5.91 Å². The van der Waals surface area contributed by atoms with E-state index in [2.05, 4.69) is 0 Å². The Hall–Kier alpha value is -1.86. The molecule has 0 bridgehead atoms. The monoisotopic (exact) mass is 331 g/mol. The normalized spacial score (nSPS) is 11.3. The summed E-state index contributed by atoms with van der Waals surface area (Å²) >= 11 is 5.55. The minimum atomic E-state index is -4.26. The summed E-state index contributed by atoms with van der Waals surface area (Å²) in [7, 11) is -4.26. The molecule has 1 heterocycles. The number of halogens is 2. The van der Waals surface area contributed by atoms with E-state index in [1.807, 2.05) is 0 Å². The average Bonchev–Trinajstić information content (AvgIpc) is 2.88. The topological polar surface area (TPSA) is 76.4 Å². The van der Waals surface area contributed by atoms with Crippen molar-refractivity contribution in [3.8, 4) is 0 Å². The van der Waals surface area contributed by atoms with Gasteiger partial charge in [0, 0.05) is 17.9 Å². The van der Waals surface area contributed by atoms with Crippen LogP contribution in [0.5, 0.6) is 0 Å². The van der Waals surface area contributed by atoms with Crippen molar-refractivity contribution < 1.29 is 22.0 Å². The Labute approximate surface area is 125 Å². The number of benzene rings is 1. The summed E-state index contributed by atoms with van der Waals surface area (Å²) < 4.78 is 44.2. The van der Waals surface area contributed by atoms with Gasteiger partial charge < -0.3 is 4.42 Å². The molecule has 2 rings (SSSR count). The molecular formula is C13H11ClFNO4S. The summed E-state index contributed by atoms with van der Waals surface area (Å²) in [6.45, 7) is 0. The van der Waals surface area contributed by atoms with E-state index in [0.717, 1.165) is 12.1 Å². The van der Waals surface area contributed by atoms with Crippen molar-refractivity contribution in [1.29, 1.82) is 0 Å². The van der Waals surface area contributed by atoms with Crippen molar-refractivity contribution in [2.75, 3.05) is 0 Å². The zero-order valence-corrected chi connectivity index (χ0v) is 12.2. The molecule has 112 valence electrons. The smallest absolute Gasteiger partial charge is 0.266 e. The maximum Gasteiger partial charge on any atom is 0.266 e.